The first-order chi connectivity index (χ1) is 6.93. The van der Waals surface area contributed by atoms with E-state index < -0.39 is 12.7 Å². The third-order valence-electron chi connectivity index (χ3n) is 1.89. The van der Waals surface area contributed by atoms with Crippen molar-refractivity contribution < 1.29 is 10.0 Å². The maximum Gasteiger partial charge on any atom is 0.495 e. The number of hydrogen-bond donors (Lipinski definition) is 3. The van der Waals surface area contributed by atoms with E-state index in [4.69, 9.17) is 10.0 Å². The van der Waals surface area contributed by atoms with Crippen molar-refractivity contribution in [2.75, 3.05) is 5.32 Å². The van der Waals surface area contributed by atoms with E-state index >= 15 is 0 Å². The van der Waals surface area contributed by atoms with E-state index in [-0.39, 0.29) is 11.5 Å². The third-order valence-corrected chi connectivity index (χ3v) is 1.89. The molecular weight excluding hydrogens is 197 g/mol. The van der Waals surface area contributed by atoms with Gasteiger partial charge in [-0.2, -0.15) is 0 Å². The second-order valence-electron chi connectivity index (χ2n) is 3.57. The Morgan fingerprint density at radius 1 is 1.53 bits per heavy atom. The van der Waals surface area contributed by atoms with Gasteiger partial charge in [0.1, 0.15) is 0 Å². The summed E-state index contributed by atoms with van der Waals surface area (Å²) in [5.41, 5.74) is -0.602. The highest BCUT2D eigenvalue weighted by Gasteiger charge is 2.18. The summed E-state index contributed by atoms with van der Waals surface area (Å²) < 4.78 is 1.24. The Morgan fingerprint density at radius 3 is 2.60 bits per heavy atom. The van der Waals surface area contributed by atoms with Crippen molar-refractivity contribution in [3.8, 4) is 0 Å². The van der Waals surface area contributed by atoms with Crippen molar-refractivity contribution in [1.29, 1.82) is 0 Å². The second-order valence-corrected chi connectivity index (χ2v) is 3.57. The number of hydrogen-bond acceptors (Lipinski definition) is 5. The van der Waals surface area contributed by atoms with Gasteiger partial charge in [0, 0.05) is 19.3 Å². The van der Waals surface area contributed by atoms with Crippen LogP contribution in [0.25, 0.3) is 0 Å². The van der Waals surface area contributed by atoms with E-state index in [1.807, 2.05) is 13.8 Å². The molecule has 3 N–H and O–H groups in total. The van der Waals surface area contributed by atoms with Gasteiger partial charge in [-0.05, 0) is 13.8 Å². The van der Waals surface area contributed by atoms with E-state index in [2.05, 4.69) is 10.3 Å². The molecule has 0 atom stereocenters. The molecule has 0 aliphatic rings. The molecular formula is C8H14BN3O3. The SMILES string of the molecule is CC(C)Nc1ncc(B(O)O)c(=O)n1C. The minimum atomic E-state index is -1.79. The highest BCUT2D eigenvalue weighted by atomic mass is 16.4. The van der Waals surface area contributed by atoms with Crippen LogP contribution in [0.15, 0.2) is 11.0 Å². The number of nitrogens with one attached hydrogen (secondary N) is 1. The Kier molecular flexibility index (Phi) is 3.49. The summed E-state index contributed by atoms with van der Waals surface area (Å²) >= 11 is 0. The van der Waals surface area contributed by atoms with Gasteiger partial charge in [0.15, 0.2) is 0 Å². The van der Waals surface area contributed by atoms with Gasteiger partial charge in [0.25, 0.3) is 5.56 Å². The lowest BCUT2D eigenvalue weighted by atomic mass is 9.82. The van der Waals surface area contributed by atoms with Gasteiger partial charge in [-0.25, -0.2) is 4.98 Å². The molecule has 7 heteroatoms. The van der Waals surface area contributed by atoms with Crippen molar-refractivity contribution in [3.63, 3.8) is 0 Å². The standard InChI is InChI=1S/C8H14BN3O3/c1-5(2)11-8-10-4-6(9(14)15)7(13)12(8)3/h4-5,14-15H,1-3H3,(H,10,11). The van der Waals surface area contributed by atoms with Crippen LogP contribution in [0.5, 0.6) is 0 Å². The highest BCUT2D eigenvalue weighted by Crippen LogP contribution is 1.97. The molecule has 1 rings (SSSR count). The van der Waals surface area contributed by atoms with Gasteiger partial charge >= 0.3 is 7.12 Å². The maximum absolute atomic E-state index is 11.6. The predicted molar refractivity (Wildman–Crippen MR) is 58.1 cm³/mol. The zero-order chi connectivity index (χ0) is 11.6. The van der Waals surface area contributed by atoms with E-state index in [0.29, 0.717) is 5.95 Å². The molecule has 0 amide bonds. The summed E-state index contributed by atoms with van der Waals surface area (Å²) in [6, 6.07) is 0.146. The summed E-state index contributed by atoms with van der Waals surface area (Å²) in [6.07, 6.45) is 1.16. The molecule has 0 aromatic carbocycles. The first-order valence-corrected chi connectivity index (χ1v) is 4.62. The maximum atomic E-state index is 11.6. The molecule has 1 aromatic rings. The van der Waals surface area contributed by atoms with Gasteiger partial charge in [0.05, 0.1) is 5.46 Å². The summed E-state index contributed by atoms with van der Waals surface area (Å²) in [5.74, 6) is 0.402. The second kappa shape index (κ2) is 4.46. The predicted octanol–water partition coefficient (Wildman–Crippen LogP) is -1.72. The van der Waals surface area contributed by atoms with Crippen LogP contribution >= 0.6 is 0 Å². The number of rotatable bonds is 3. The largest absolute Gasteiger partial charge is 0.495 e. The fourth-order valence-corrected chi connectivity index (χ4v) is 1.13. The molecule has 0 saturated carbocycles. The summed E-state index contributed by atoms with van der Waals surface area (Å²) in [4.78, 5) is 15.5. The molecule has 0 saturated heterocycles. The van der Waals surface area contributed by atoms with Crippen LogP contribution in [0.1, 0.15) is 13.8 Å². The molecule has 0 fully saturated rings. The Hall–Kier alpha value is -1.34. The molecule has 6 nitrogen and oxygen atoms in total. The quantitative estimate of drug-likeness (QED) is 0.517. The van der Waals surface area contributed by atoms with Crippen molar-refractivity contribution in [1.82, 2.24) is 9.55 Å². The van der Waals surface area contributed by atoms with Gasteiger partial charge in [0.2, 0.25) is 5.95 Å². The Bertz CT molecular complexity index is 403. The van der Waals surface area contributed by atoms with Crippen molar-refractivity contribution in [2.45, 2.75) is 19.9 Å². The van der Waals surface area contributed by atoms with Crippen LogP contribution in [0, 0.1) is 0 Å². The van der Waals surface area contributed by atoms with Gasteiger partial charge in [-0.1, -0.05) is 0 Å². The molecule has 15 heavy (non-hydrogen) atoms. The van der Waals surface area contributed by atoms with Crippen molar-refractivity contribution >= 4 is 18.5 Å². The monoisotopic (exact) mass is 211 g/mol. The zero-order valence-corrected chi connectivity index (χ0v) is 8.93. The average Bonchev–Trinajstić information content (AvgIpc) is 2.12. The lowest BCUT2D eigenvalue weighted by Crippen LogP contribution is -2.46. The first-order valence-electron chi connectivity index (χ1n) is 4.62. The minimum absolute atomic E-state index is 0.133. The van der Waals surface area contributed by atoms with Crippen LogP contribution in [-0.2, 0) is 7.05 Å². The first kappa shape index (κ1) is 11.7. The molecule has 0 aliphatic heterocycles. The lowest BCUT2D eigenvalue weighted by Gasteiger charge is -2.13. The summed E-state index contributed by atoms with van der Waals surface area (Å²) in [7, 11) is -0.268. The minimum Gasteiger partial charge on any atom is -0.423 e. The van der Waals surface area contributed by atoms with Gasteiger partial charge in [-0.3, -0.25) is 9.36 Å². The van der Waals surface area contributed by atoms with Gasteiger partial charge in [-0.15, -0.1) is 0 Å². The zero-order valence-electron chi connectivity index (χ0n) is 8.93. The molecule has 0 unspecified atom stereocenters. The van der Waals surface area contributed by atoms with E-state index in [1.54, 1.807) is 0 Å². The number of anilines is 1. The number of nitrogens with zero attached hydrogens (tertiary/aromatic N) is 2. The van der Waals surface area contributed by atoms with E-state index in [0.717, 1.165) is 6.20 Å². The smallest absolute Gasteiger partial charge is 0.423 e. The van der Waals surface area contributed by atoms with Crippen LogP contribution in [-0.4, -0.2) is 32.8 Å². The Labute approximate surface area is 87.7 Å². The summed E-state index contributed by atoms with van der Waals surface area (Å²) in [6.45, 7) is 3.84. The number of aromatic nitrogens is 2. The Balaban J connectivity index is 3.16. The normalized spacial score (nSPS) is 10.5. The third kappa shape index (κ3) is 2.57. The van der Waals surface area contributed by atoms with Crippen LogP contribution in [0.4, 0.5) is 5.95 Å². The fraction of sp³-hybridized carbons (Fsp3) is 0.500. The topological polar surface area (TPSA) is 87.4 Å². The lowest BCUT2D eigenvalue weighted by molar-refractivity contribution is 0.424. The molecule has 0 aliphatic carbocycles. The van der Waals surface area contributed by atoms with Crippen molar-refractivity contribution in [2.24, 2.45) is 7.05 Å². The van der Waals surface area contributed by atoms with Crippen LogP contribution in [0.2, 0.25) is 0 Å². The molecule has 0 radical (unpaired) electrons. The van der Waals surface area contributed by atoms with Crippen LogP contribution < -0.4 is 16.3 Å². The molecule has 1 heterocycles. The average molecular weight is 211 g/mol. The molecule has 0 spiro atoms. The van der Waals surface area contributed by atoms with Gasteiger partial charge < -0.3 is 15.4 Å². The van der Waals surface area contributed by atoms with E-state index in [1.165, 1.54) is 11.6 Å². The fourth-order valence-electron chi connectivity index (χ4n) is 1.13. The highest BCUT2D eigenvalue weighted by molar-refractivity contribution is 6.58. The van der Waals surface area contributed by atoms with Crippen LogP contribution in [0.3, 0.4) is 0 Å². The Morgan fingerprint density at radius 2 is 2.13 bits per heavy atom. The summed E-state index contributed by atoms with van der Waals surface area (Å²) in [5, 5.41) is 20.7. The molecule has 1 aromatic heterocycles. The van der Waals surface area contributed by atoms with Crippen molar-refractivity contribution in [3.05, 3.63) is 16.6 Å². The van der Waals surface area contributed by atoms with E-state index in [9.17, 15) is 4.79 Å². The molecule has 0 bridgehead atoms. The molecule has 82 valence electrons.